The Labute approximate surface area is 99.7 Å². The lowest BCUT2D eigenvalue weighted by Crippen LogP contribution is -2.48. The van der Waals surface area contributed by atoms with Gasteiger partial charge in [0.15, 0.2) is 6.04 Å². The molecule has 0 saturated heterocycles. The van der Waals surface area contributed by atoms with Crippen molar-refractivity contribution in [2.24, 2.45) is 5.92 Å². The minimum atomic E-state index is -1.25. The molecule has 6 heteroatoms. The summed E-state index contributed by atoms with van der Waals surface area (Å²) in [6.45, 7) is -0.0944. The van der Waals surface area contributed by atoms with Crippen LogP contribution in [0.2, 0.25) is 0 Å². The lowest BCUT2D eigenvalue weighted by atomic mass is 9.94. The van der Waals surface area contributed by atoms with Crippen molar-refractivity contribution in [3.05, 3.63) is 12.2 Å². The second-order valence-electron chi connectivity index (χ2n) is 4.08. The highest BCUT2D eigenvalue weighted by atomic mass is 16.4. The second kappa shape index (κ2) is 6.90. The summed E-state index contributed by atoms with van der Waals surface area (Å²) in [6, 6.07) is -1.80. The molecule has 4 N–H and O–H groups in total. The van der Waals surface area contributed by atoms with Crippen molar-refractivity contribution in [3.63, 3.8) is 0 Å². The number of rotatable bonds is 5. The standard InChI is InChI=1S/C11H18N2O4/c14-7-9(10(15)16)13-11(17)12-6-8-4-2-1-3-5-8/h1-2,8-9,14H,3-7H2,(H,15,16)(H2,12,13,17)/t8?,9-/m1/s1. The van der Waals surface area contributed by atoms with E-state index < -0.39 is 24.6 Å². The van der Waals surface area contributed by atoms with Gasteiger partial charge < -0.3 is 20.8 Å². The van der Waals surface area contributed by atoms with E-state index in [2.05, 4.69) is 22.8 Å². The number of aliphatic hydroxyl groups excluding tert-OH is 1. The van der Waals surface area contributed by atoms with Crippen LogP contribution in [0, 0.1) is 5.92 Å². The van der Waals surface area contributed by atoms with Gasteiger partial charge in [-0.1, -0.05) is 12.2 Å². The van der Waals surface area contributed by atoms with Crippen molar-refractivity contribution in [1.82, 2.24) is 10.6 Å². The minimum absolute atomic E-state index is 0.406. The van der Waals surface area contributed by atoms with Gasteiger partial charge in [0.05, 0.1) is 6.61 Å². The molecule has 1 rings (SSSR count). The fourth-order valence-corrected chi connectivity index (χ4v) is 1.67. The molecule has 1 aliphatic rings. The van der Waals surface area contributed by atoms with E-state index >= 15 is 0 Å². The zero-order chi connectivity index (χ0) is 12.7. The Bertz CT molecular complexity index is 304. The largest absolute Gasteiger partial charge is 0.480 e. The first-order valence-electron chi connectivity index (χ1n) is 5.66. The van der Waals surface area contributed by atoms with Gasteiger partial charge >= 0.3 is 12.0 Å². The molecule has 6 nitrogen and oxygen atoms in total. The molecule has 0 saturated carbocycles. The SMILES string of the molecule is O=C(NCC1CC=CCC1)N[C@H](CO)C(=O)O. The predicted octanol–water partition coefficient (Wildman–Crippen LogP) is 0.0874. The second-order valence-corrected chi connectivity index (χ2v) is 4.08. The number of hydrogen-bond donors (Lipinski definition) is 4. The molecule has 17 heavy (non-hydrogen) atoms. The number of carbonyl (C=O) groups excluding carboxylic acids is 1. The molecule has 1 aliphatic carbocycles. The van der Waals surface area contributed by atoms with Gasteiger partial charge in [-0.05, 0) is 25.2 Å². The third kappa shape index (κ3) is 4.86. The van der Waals surface area contributed by atoms with Gasteiger partial charge in [0.25, 0.3) is 0 Å². The summed E-state index contributed by atoms with van der Waals surface area (Å²) in [5.41, 5.74) is 0. The van der Waals surface area contributed by atoms with Gasteiger partial charge in [0.1, 0.15) is 0 Å². The van der Waals surface area contributed by atoms with Gasteiger partial charge in [0, 0.05) is 6.54 Å². The summed E-state index contributed by atoms with van der Waals surface area (Å²) in [5, 5.41) is 22.2. The highest BCUT2D eigenvalue weighted by molar-refractivity contribution is 5.82. The van der Waals surface area contributed by atoms with Crippen LogP contribution in [0.3, 0.4) is 0 Å². The molecule has 1 unspecified atom stereocenters. The maximum absolute atomic E-state index is 11.3. The molecule has 0 radical (unpaired) electrons. The molecule has 0 fully saturated rings. The summed E-state index contributed by atoms with van der Waals surface area (Å²) in [7, 11) is 0. The Morgan fingerprint density at radius 1 is 1.41 bits per heavy atom. The van der Waals surface area contributed by atoms with E-state index in [9.17, 15) is 9.59 Å². The van der Waals surface area contributed by atoms with Crippen LogP contribution in [-0.2, 0) is 4.79 Å². The van der Waals surface area contributed by atoms with Crippen LogP contribution < -0.4 is 10.6 Å². The van der Waals surface area contributed by atoms with E-state index in [1.165, 1.54) is 0 Å². The summed E-state index contributed by atoms with van der Waals surface area (Å²) in [5.74, 6) is -0.841. The lowest BCUT2D eigenvalue weighted by Gasteiger charge is -2.19. The zero-order valence-corrected chi connectivity index (χ0v) is 9.56. The summed E-state index contributed by atoms with van der Waals surface area (Å²) in [6.07, 6.45) is 7.18. The number of aliphatic carboxylic acids is 1. The topological polar surface area (TPSA) is 98.7 Å². The van der Waals surface area contributed by atoms with E-state index in [-0.39, 0.29) is 0 Å². The van der Waals surface area contributed by atoms with Crippen LogP contribution in [0.1, 0.15) is 19.3 Å². The van der Waals surface area contributed by atoms with Gasteiger partial charge in [-0.25, -0.2) is 9.59 Å². The number of urea groups is 1. The highest BCUT2D eigenvalue weighted by Gasteiger charge is 2.19. The minimum Gasteiger partial charge on any atom is -0.480 e. The number of aliphatic hydroxyl groups is 1. The summed E-state index contributed by atoms with van der Waals surface area (Å²) < 4.78 is 0. The first kappa shape index (κ1) is 13.5. The fraction of sp³-hybridized carbons (Fsp3) is 0.636. The summed E-state index contributed by atoms with van der Waals surface area (Å²) >= 11 is 0. The molecule has 0 heterocycles. The monoisotopic (exact) mass is 242 g/mol. The van der Waals surface area contributed by atoms with Crippen LogP contribution in [0.4, 0.5) is 4.79 Å². The average molecular weight is 242 g/mol. The number of hydrogen-bond acceptors (Lipinski definition) is 3. The molecular formula is C11H18N2O4. The van der Waals surface area contributed by atoms with Crippen molar-refractivity contribution in [1.29, 1.82) is 0 Å². The number of nitrogens with one attached hydrogen (secondary N) is 2. The van der Waals surface area contributed by atoms with E-state index in [4.69, 9.17) is 10.2 Å². The van der Waals surface area contributed by atoms with E-state index in [0.29, 0.717) is 12.5 Å². The molecule has 0 spiro atoms. The first-order valence-corrected chi connectivity index (χ1v) is 5.66. The Morgan fingerprint density at radius 3 is 2.71 bits per heavy atom. The van der Waals surface area contributed by atoms with Gasteiger partial charge in [-0.3, -0.25) is 0 Å². The maximum atomic E-state index is 11.3. The molecule has 0 bridgehead atoms. The maximum Gasteiger partial charge on any atom is 0.328 e. The average Bonchev–Trinajstić information content (AvgIpc) is 2.34. The van der Waals surface area contributed by atoms with Crippen molar-refractivity contribution in [2.45, 2.75) is 25.3 Å². The van der Waals surface area contributed by atoms with Crippen molar-refractivity contribution in [2.75, 3.05) is 13.2 Å². The van der Waals surface area contributed by atoms with Crippen LogP contribution in [0.25, 0.3) is 0 Å². The summed E-state index contributed by atoms with van der Waals surface area (Å²) in [4.78, 5) is 21.9. The molecule has 0 aliphatic heterocycles. The highest BCUT2D eigenvalue weighted by Crippen LogP contribution is 2.16. The molecule has 0 aromatic carbocycles. The van der Waals surface area contributed by atoms with Gasteiger partial charge in [-0.15, -0.1) is 0 Å². The zero-order valence-electron chi connectivity index (χ0n) is 9.56. The third-order valence-electron chi connectivity index (χ3n) is 2.71. The van der Waals surface area contributed by atoms with E-state index in [0.717, 1.165) is 19.3 Å². The molecule has 0 aromatic rings. The lowest BCUT2D eigenvalue weighted by molar-refractivity contribution is -0.140. The quantitative estimate of drug-likeness (QED) is 0.513. The number of carbonyl (C=O) groups is 2. The van der Waals surface area contributed by atoms with Crippen molar-refractivity contribution < 1.29 is 19.8 Å². The first-order chi connectivity index (χ1) is 8.13. The Kier molecular flexibility index (Phi) is 5.48. The van der Waals surface area contributed by atoms with Crippen LogP contribution in [0.5, 0.6) is 0 Å². The number of carboxylic acid groups (broad SMARTS) is 1. The van der Waals surface area contributed by atoms with Crippen LogP contribution in [-0.4, -0.2) is 41.4 Å². The van der Waals surface area contributed by atoms with Gasteiger partial charge in [0.2, 0.25) is 0 Å². The number of allylic oxidation sites excluding steroid dienone is 2. The third-order valence-corrected chi connectivity index (χ3v) is 2.71. The van der Waals surface area contributed by atoms with E-state index in [1.54, 1.807) is 0 Å². The van der Waals surface area contributed by atoms with Crippen molar-refractivity contribution in [3.8, 4) is 0 Å². The number of carboxylic acids is 1. The van der Waals surface area contributed by atoms with Crippen LogP contribution >= 0.6 is 0 Å². The Morgan fingerprint density at radius 2 is 2.18 bits per heavy atom. The number of amides is 2. The molecule has 96 valence electrons. The van der Waals surface area contributed by atoms with Crippen LogP contribution in [0.15, 0.2) is 12.2 Å². The van der Waals surface area contributed by atoms with Crippen molar-refractivity contribution >= 4 is 12.0 Å². The van der Waals surface area contributed by atoms with E-state index in [1.807, 2.05) is 0 Å². The molecular weight excluding hydrogens is 224 g/mol. The predicted molar refractivity (Wildman–Crippen MR) is 61.5 cm³/mol. The molecule has 2 amide bonds. The molecule has 0 aromatic heterocycles. The Hall–Kier alpha value is -1.56. The fourth-order valence-electron chi connectivity index (χ4n) is 1.67. The Balaban J connectivity index is 2.24. The molecule has 2 atom stereocenters. The smallest absolute Gasteiger partial charge is 0.328 e. The van der Waals surface area contributed by atoms with Gasteiger partial charge in [-0.2, -0.15) is 0 Å². The normalized spacial score (nSPS) is 20.6.